The minimum absolute atomic E-state index is 0.133. The molecule has 0 unspecified atom stereocenters. The molecular formula is C19H28N2O2. The van der Waals surface area contributed by atoms with E-state index in [0.717, 1.165) is 32.4 Å². The number of nitrogens with zero attached hydrogens (tertiary/aromatic N) is 2. The Morgan fingerprint density at radius 3 is 2.65 bits per heavy atom. The van der Waals surface area contributed by atoms with Crippen LogP contribution in [0.2, 0.25) is 0 Å². The molecule has 1 atom stereocenters. The van der Waals surface area contributed by atoms with Crippen molar-refractivity contribution in [1.29, 1.82) is 0 Å². The monoisotopic (exact) mass is 316 g/mol. The lowest BCUT2D eigenvalue weighted by molar-refractivity contribution is 0.0584. The summed E-state index contributed by atoms with van der Waals surface area (Å²) in [6.45, 7) is 4.46. The van der Waals surface area contributed by atoms with E-state index in [2.05, 4.69) is 9.80 Å². The summed E-state index contributed by atoms with van der Waals surface area (Å²) in [7, 11) is 1.63. The predicted octanol–water partition coefficient (Wildman–Crippen LogP) is 3.18. The molecule has 0 radical (unpaired) electrons. The molecule has 1 aromatic rings. The van der Waals surface area contributed by atoms with E-state index in [1.807, 2.05) is 24.3 Å². The molecule has 2 aliphatic rings. The molecule has 2 aliphatic heterocycles. The van der Waals surface area contributed by atoms with Gasteiger partial charge >= 0.3 is 0 Å². The number of rotatable bonds is 5. The van der Waals surface area contributed by atoms with Crippen molar-refractivity contribution < 1.29 is 9.53 Å². The lowest BCUT2D eigenvalue weighted by Gasteiger charge is -2.37. The standard InChI is InChI=1S/C19H28N2O2/c1-23-18-10-3-2-9-17(18)19(22)21-14-5-4-8-16(21)11-15-20-12-6-7-13-20/h2-3,9-10,16H,4-8,11-15H2,1H3/t16-/m0/s1. The van der Waals surface area contributed by atoms with Crippen LogP contribution in [0.3, 0.4) is 0 Å². The van der Waals surface area contributed by atoms with Gasteiger partial charge in [-0.15, -0.1) is 0 Å². The summed E-state index contributed by atoms with van der Waals surface area (Å²) in [4.78, 5) is 17.7. The van der Waals surface area contributed by atoms with Gasteiger partial charge in [0.15, 0.2) is 0 Å². The normalized spacial score (nSPS) is 22.3. The SMILES string of the molecule is COc1ccccc1C(=O)N1CCCC[C@H]1CCN1CCCC1. The van der Waals surface area contributed by atoms with Crippen LogP contribution >= 0.6 is 0 Å². The fourth-order valence-electron chi connectivity index (χ4n) is 3.88. The van der Waals surface area contributed by atoms with Crippen molar-refractivity contribution in [3.63, 3.8) is 0 Å². The van der Waals surface area contributed by atoms with Gasteiger partial charge in [0, 0.05) is 19.1 Å². The van der Waals surface area contributed by atoms with Crippen LogP contribution in [0.1, 0.15) is 48.9 Å². The summed E-state index contributed by atoms with van der Waals surface area (Å²) in [5.74, 6) is 0.815. The van der Waals surface area contributed by atoms with Gasteiger partial charge in [-0.05, 0) is 63.7 Å². The number of piperidine rings is 1. The zero-order chi connectivity index (χ0) is 16.1. The highest BCUT2D eigenvalue weighted by Crippen LogP contribution is 2.26. The smallest absolute Gasteiger partial charge is 0.257 e. The van der Waals surface area contributed by atoms with Gasteiger partial charge in [0.25, 0.3) is 5.91 Å². The van der Waals surface area contributed by atoms with Crippen molar-refractivity contribution in [2.45, 2.75) is 44.6 Å². The molecule has 0 aliphatic carbocycles. The van der Waals surface area contributed by atoms with E-state index in [9.17, 15) is 4.79 Å². The fourth-order valence-corrected chi connectivity index (χ4v) is 3.88. The summed E-state index contributed by atoms with van der Waals surface area (Å²) in [6, 6.07) is 7.96. The van der Waals surface area contributed by atoms with Gasteiger partial charge in [0.1, 0.15) is 5.75 Å². The number of para-hydroxylation sites is 1. The summed E-state index contributed by atoms with van der Waals surface area (Å²) in [5.41, 5.74) is 0.697. The molecule has 0 aromatic heterocycles. The van der Waals surface area contributed by atoms with Crippen LogP contribution < -0.4 is 4.74 Å². The Bertz CT molecular complexity index is 526. The van der Waals surface area contributed by atoms with Gasteiger partial charge in [-0.2, -0.15) is 0 Å². The Morgan fingerprint density at radius 2 is 1.87 bits per heavy atom. The van der Waals surface area contributed by atoms with Gasteiger partial charge in [-0.1, -0.05) is 12.1 Å². The van der Waals surface area contributed by atoms with E-state index >= 15 is 0 Å². The summed E-state index contributed by atoms with van der Waals surface area (Å²) in [6.07, 6.45) is 7.24. The number of carbonyl (C=O) groups excluding carboxylic acids is 1. The Kier molecular flexibility index (Phi) is 5.55. The van der Waals surface area contributed by atoms with E-state index in [-0.39, 0.29) is 5.91 Å². The zero-order valence-electron chi connectivity index (χ0n) is 14.2. The van der Waals surface area contributed by atoms with Crippen LogP contribution in [0.4, 0.5) is 0 Å². The molecule has 2 saturated heterocycles. The number of ether oxygens (including phenoxy) is 1. The molecule has 0 bridgehead atoms. The second-order valence-corrected chi connectivity index (χ2v) is 6.69. The second kappa shape index (κ2) is 7.82. The average Bonchev–Trinajstić information content (AvgIpc) is 3.13. The van der Waals surface area contributed by atoms with Gasteiger partial charge in [-0.25, -0.2) is 0 Å². The van der Waals surface area contributed by atoms with Crippen molar-refractivity contribution in [1.82, 2.24) is 9.80 Å². The van der Waals surface area contributed by atoms with Gasteiger partial charge in [0.05, 0.1) is 12.7 Å². The first-order valence-electron chi connectivity index (χ1n) is 8.96. The summed E-state index contributed by atoms with van der Waals surface area (Å²) < 4.78 is 5.38. The van der Waals surface area contributed by atoms with Gasteiger partial charge in [0.2, 0.25) is 0 Å². The Hall–Kier alpha value is -1.55. The van der Waals surface area contributed by atoms with Crippen LogP contribution in [-0.4, -0.2) is 55.0 Å². The number of amides is 1. The highest BCUT2D eigenvalue weighted by atomic mass is 16.5. The number of hydrogen-bond acceptors (Lipinski definition) is 3. The van der Waals surface area contributed by atoms with Crippen LogP contribution in [0.25, 0.3) is 0 Å². The van der Waals surface area contributed by atoms with Crippen molar-refractivity contribution in [3.8, 4) is 5.75 Å². The molecule has 1 aromatic carbocycles. The maximum absolute atomic E-state index is 13.0. The highest BCUT2D eigenvalue weighted by molar-refractivity contribution is 5.97. The molecule has 1 amide bonds. The zero-order valence-corrected chi connectivity index (χ0v) is 14.2. The van der Waals surface area contributed by atoms with Gasteiger partial charge in [-0.3, -0.25) is 4.79 Å². The first-order chi connectivity index (χ1) is 11.3. The molecule has 2 fully saturated rings. The maximum atomic E-state index is 13.0. The molecule has 23 heavy (non-hydrogen) atoms. The first-order valence-corrected chi connectivity index (χ1v) is 8.96. The predicted molar refractivity (Wildman–Crippen MR) is 92.0 cm³/mol. The van der Waals surface area contributed by atoms with E-state index in [4.69, 9.17) is 4.74 Å². The number of carbonyl (C=O) groups is 1. The minimum atomic E-state index is 0.133. The highest BCUT2D eigenvalue weighted by Gasteiger charge is 2.29. The second-order valence-electron chi connectivity index (χ2n) is 6.69. The molecule has 4 nitrogen and oxygen atoms in total. The first kappa shape index (κ1) is 16.3. The van der Waals surface area contributed by atoms with Crippen molar-refractivity contribution in [2.24, 2.45) is 0 Å². The molecule has 2 heterocycles. The lowest BCUT2D eigenvalue weighted by Crippen LogP contribution is -2.45. The Balaban J connectivity index is 1.68. The van der Waals surface area contributed by atoms with Crippen LogP contribution in [0.15, 0.2) is 24.3 Å². The lowest BCUT2D eigenvalue weighted by atomic mass is 9.97. The molecule has 0 N–H and O–H groups in total. The van der Waals surface area contributed by atoms with Crippen molar-refractivity contribution in [3.05, 3.63) is 29.8 Å². The fraction of sp³-hybridized carbons (Fsp3) is 0.632. The molecule has 3 rings (SSSR count). The van der Waals surface area contributed by atoms with E-state index < -0.39 is 0 Å². The number of benzene rings is 1. The van der Waals surface area contributed by atoms with Gasteiger partial charge < -0.3 is 14.5 Å². The number of likely N-dealkylation sites (tertiary alicyclic amines) is 2. The number of methoxy groups -OCH3 is 1. The van der Waals surface area contributed by atoms with Crippen LogP contribution in [-0.2, 0) is 0 Å². The number of hydrogen-bond donors (Lipinski definition) is 0. The molecule has 0 saturated carbocycles. The molecule has 126 valence electrons. The van der Waals surface area contributed by atoms with Crippen LogP contribution in [0.5, 0.6) is 5.75 Å². The minimum Gasteiger partial charge on any atom is -0.496 e. The average molecular weight is 316 g/mol. The third kappa shape index (κ3) is 3.86. The van der Waals surface area contributed by atoms with E-state index in [0.29, 0.717) is 17.4 Å². The molecule has 4 heteroatoms. The summed E-state index contributed by atoms with van der Waals surface area (Å²) in [5, 5.41) is 0. The topological polar surface area (TPSA) is 32.8 Å². The van der Waals surface area contributed by atoms with Crippen molar-refractivity contribution in [2.75, 3.05) is 33.3 Å². The van der Waals surface area contributed by atoms with E-state index in [1.54, 1.807) is 7.11 Å². The Morgan fingerprint density at radius 1 is 1.13 bits per heavy atom. The summed E-state index contributed by atoms with van der Waals surface area (Å²) >= 11 is 0. The third-order valence-corrected chi connectivity index (χ3v) is 5.20. The third-order valence-electron chi connectivity index (χ3n) is 5.20. The molecular weight excluding hydrogens is 288 g/mol. The largest absolute Gasteiger partial charge is 0.496 e. The van der Waals surface area contributed by atoms with Crippen LogP contribution in [0, 0.1) is 0 Å². The maximum Gasteiger partial charge on any atom is 0.257 e. The Labute approximate surface area is 139 Å². The van der Waals surface area contributed by atoms with E-state index in [1.165, 1.54) is 32.4 Å². The van der Waals surface area contributed by atoms with Crippen molar-refractivity contribution >= 4 is 5.91 Å². The quantitative estimate of drug-likeness (QED) is 0.836. The molecule has 0 spiro atoms.